The summed E-state index contributed by atoms with van der Waals surface area (Å²) in [5, 5.41) is 12.4. The highest BCUT2D eigenvalue weighted by Crippen LogP contribution is 2.27. The molecular weight excluding hydrogens is 334 g/mol. The number of nitrogens with zero attached hydrogens (tertiary/aromatic N) is 2. The van der Waals surface area contributed by atoms with Gasteiger partial charge in [-0.25, -0.2) is 13.4 Å². The second kappa shape index (κ2) is 5.74. The Balaban J connectivity index is 2.41. The number of hydrogen-bond acceptors (Lipinski definition) is 5. The highest BCUT2D eigenvalue weighted by Gasteiger charge is 2.31. The van der Waals surface area contributed by atoms with E-state index in [9.17, 15) is 13.5 Å². The molecule has 1 atom stereocenters. The highest BCUT2D eigenvalue weighted by molar-refractivity contribution is 9.10. The largest absolute Gasteiger partial charge is 0.392 e. The number of piperidine rings is 1. The number of sulfonamides is 1. The molecule has 0 spiro atoms. The molecule has 1 aromatic rings. The summed E-state index contributed by atoms with van der Waals surface area (Å²) in [5.74, 6) is 0.309. The fourth-order valence-corrected chi connectivity index (χ4v) is 4.26. The van der Waals surface area contributed by atoms with Gasteiger partial charge in [0.2, 0.25) is 10.0 Å². The lowest BCUT2D eigenvalue weighted by molar-refractivity contribution is 0.108. The van der Waals surface area contributed by atoms with E-state index in [1.165, 1.54) is 16.6 Å². The Hall–Kier alpha value is -0.700. The first-order chi connectivity index (χ1) is 8.95. The van der Waals surface area contributed by atoms with Crippen molar-refractivity contribution in [3.8, 4) is 0 Å². The van der Waals surface area contributed by atoms with E-state index in [1.807, 2.05) is 0 Å². The number of nitrogens with one attached hydrogen (secondary N) is 1. The van der Waals surface area contributed by atoms with Gasteiger partial charge < -0.3 is 10.4 Å². The van der Waals surface area contributed by atoms with E-state index in [1.54, 1.807) is 7.05 Å². The van der Waals surface area contributed by atoms with Gasteiger partial charge in [0.05, 0.1) is 6.10 Å². The Morgan fingerprint density at radius 2 is 2.32 bits per heavy atom. The lowest BCUT2D eigenvalue weighted by Crippen LogP contribution is -2.42. The third-order valence-corrected chi connectivity index (χ3v) is 5.35. The Labute approximate surface area is 121 Å². The number of anilines is 1. The van der Waals surface area contributed by atoms with Crippen LogP contribution >= 0.6 is 15.9 Å². The summed E-state index contributed by atoms with van der Waals surface area (Å²) in [7, 11) is -2.02. The van der Waals surface area contributed by atoms with Gasteiger partial charge in [0.15, 0.2) is 0 Å². The van der Waals surface area contributed by atoms with Crippen molar-refractivity contribution in [3.05, 3.63) is 16.7 Å². The van der Waals surface area contributed by atoms with Gasteiger partial charge in [0.25, 0.3) is 0 Å². The molecule has 0 amide bonds. The van der Waals surface area contributed by atoms with Gasteiger partial charge in [0.1, 0.15) is 10.7 Å². The van der Waals surface area contributed by atoms with Gasteiger partial charge >= 0.3 is 0 Å². The first kappa shape index (κ1) is 14.7. The average molecular weight is 350 g/mol. The number of aromatic nitrogens is 1. The Morgan fingerprint density at radius 1 is 1.58 bits per heavy atom. The molecule has 0 bridgehead atoms. The predicted molar refractivity (Wildman–Crippen MR) is 75.5 cm³/mol. The van der Waals surface area contributed by atoms with Crippen LogP contribution in [0.2, 0.25) is 0 Å². The van der Waals surface area contributed by atoms with Crippen LogP contribution in [0.3, 0.4) is 0 Å². The van der Waals surface area contributed by atoms with Crippen molar-refractivity contribution in [2.75, 3.05) is 25.5 Å². The third-order valence-electron chi connectivity index (χ3n) is 3.03. The minimum atomic E-state index is -3.64. The molecule has 1 aromatic heterocycles. The SMILES string of the molecule is CNc1ncc(Br)cc1S(=O)(=O)N1CCCC(O)C1. The van der Waals surface area contributed by atoms with E-state index >= 15 is 0 Å². The molecule has 2 N–H and O–H groups in total. The monoisotopic (exact) mass is 349 g/mol. The van der Waals surface area contributed by atoms with Crippen molar-refractivity contribution < 1.29 is 13.5 Å². The van der Waals surface area contributed by atoms with Crippen LogP contribution in [0, 0.1) is 0 Å². The van der Waals surface area contributed by atoms with Gasteiger partial charge in [-0.1, -0.05) is 0 Å². The second-order valence-electron chi connectivity index (χ2n) is 4.41. The van der Waals surface area contributed by atoms with Crippen LogP contribution in [0.4, 0.5) is 5.82 Å². The lowest BCUT2D eigenvalue weighted by Gasteiger charge is -2.29. The Bertz CT molecular complexity index is 564. The van der Waals surface area contributed by atoms with Crippen LogP contribution in [0.15, 0.2) is 21.6 Å². The fraction of sp³-hybridized carbons (Fsp3) is 0.545. The summed E-state index contributed by atoms with van der Waals surface area (Å²) < 4.78 is 27.1. The van der Waals surface area contributed by atoms with E-state index in [0.717, 1.165) is 0 Å². The normalized spacial score (nSPS) is 21.3. The zero-order valence-electron chi connectivity index (χ0n) is 10.5. The summed E-state index contributed by atoms with van der Waals surface area (Å²) in [6.07, 6.45) is 2.25. The zero-order chi connectivity index (χ0) is 14.0. The molecule has 6 nitrogen and oxygen atoms in total. The molecule has 0 aromatic carbocycles. The fourth-order valence-electron chi connectivity index (χ4n) is 2.08. The molecule has 0 aliphatic carbocycles. The lowest BCUT2D eigenvalue weighted by atomic mass is 10.1. The molecule has 19 heavy (non-hydrogen) atoms. The molecule has 1 aliphatic rings. The Morgan fingerprint density at radius 3 is 2.95 bits per heavy atom. The van der Waals surface area contributed by atoms with Crippen molar-refractivity contribution in [1.82, 2.24) is 9.29 Å². The maximum Gasteiger partial charge on any atom is 0.246 e. The number of aliphatic hydroxyl groups is 1. The van der Waals surface area contributed by atoms with Crippen molar-refractivity contribution in [3.63, 3.8) is 0 Å². The minimum absolute atomic E-state index is 0.124. The average Bonchev–Trinajstić information content (AvgIpc) is 2.38. The molecule has 0 radical (unpaired) electrons. The quantitative estimate of drug-likeness (QED) is 0.851. The van der Waals surface area contributed by atoms with Crippen molar-refractivity contribution in [2.45, 2.75) is 23.8 Å². The zero-order valence-corrected chi connectivity index (χ0v) is 12.9. The Kier molecular flexibility index (Phi) is 4.44. The number of aliphatic hydroxyl groups excluding tert-OH is 1. The highest BCUT2D eigenvalue weighted by atomic mass is 79.9. The molecule has 2 rings (SSSR count). The predicted octanol–water partition coefficient (Wildman–Crippen LogP) is 1.03. The van der Waals surface area contributed by atoms with Crippen molar-refractivity contribution >= 4 is 31.8 Å². The summed E-state index contributed by atoms with van der Waals surface area (Å²) in [6.45, 7) is 0.563. The first-order valence-corrected chi connectivity index (χ1v) is 8.20. The molecule has 8 heteroatoms. The van der Waals surface area contributed by atoms with Crippen LogP contribution in [-0.2, 0) is 10.0 Å². The standard InChI is InChI=1S/C11H16BrN3O3S/c1-13-11-10(5-8(12)6-14-11)19(17,18)15-4-2-3-9(16)7-15/h5-6,9,16H,2-4,7H2,1H3,(H,13,14). The molecule has 106 valence electrons. The van der Waals surface area contributed by atoms with Gasteiger partial charge in [-0.15, -0.1) is 0 Å². The summed E-state index contributed by atoms with van der Waals surface area (Å²) in [4.78, 5) is 4.17. The number of pyridine rings is 1. The molecule has 1 saturated heterocycles. The number of β-amino-alcohol motifs (C(OH)–C–C–N with tert-alkyl or cyclic N) is 1. The van der Waals surface area contributed by atoms with Crippen molar-refractivity contribution in [1.29, 1.82) is 0 Å². The topological polar surface area (TPSA) is 82.5 Å². The summed E-state index contributed by atoms with van der Waals surface area (Å²) >= 11 is 3.23. The summed E-state index contributed by atoms with van der Waals surface area (Å²) in [5.41, 5.74) is 0. The van der Waals surface area contributed by atoms with Crippen LogP contribution in [0.1, 0.15) is 12.8 Å². The van der Waals surface area contributed by atoms with Crippen LogP contribution in [-0.4, -0.2) is 49.1 Å². The van der Waals surface area contributed by atoms with Gasteiger partial charge in [0, 0.05) is 30.8 Å². The van der Waals surface area contributed by atoms with E-state index < -0.39 is 16.1 Å². The second-order valence-corrected chi connectivity index (χ2v) is 7.23. The van der Waals surface area contributed by atoms with E-state index in [4.69, 9.17) is 0 Å². The summed E-state index contributed by atoms with van der Waals surface area (Å²) in [6, 6.07) is 1.52. The van der Waals surface area contributed by atoms with Crippen LogP contribution in [0.5, 0.6) is 0 Å². The molecule has 2 heterocycles. The smallest absolute Gasteiger partial charge is 0.246 e. The molecule has 1 aliphatic heterocycles. The van der Waals surface area contributed by atoms with E-state index in [-0.39, 0.29) is 11.4 Å². The number of rotatable bonds is 3. The third kappa shape index (κ3) is 3.07. The van der Waals surface area contributed by atoms with Crippen molar-refractivity contribution in [2.24, 2.45) is 0 Å². The van der Waals surface area contributed by atoms with E-state index in [2.05, 4.69) is 26.2 Å². The van der Waals surface area contributed by atoms with Gasteiger partial charge in [-0.3, -0.25) is 0 Å². The molecule has 1 fully saturated rings. The number of hydrogen-bond donors (Lipinski definition) is 2. The maximum absolute atomic E-state index is 12.6. The maximum atomic E-state index is 12.6. The van der Waals surface area contributed by atoms with Gasteiger partial charge in [-0.05, 0) is 34.8 Å². The van der Waals surface area contributed by atoms with Crippen LogP contribution in [0.25, 0.3) is 0 Å². The molecule has 1 unspecified atom stereocenters. The number of halogens is 1. The van der Waals surface area contributed by atoms with Crippen LogP contribution < -0.4 is 5.32 Å². The molecular formula is C11H16BrN3O3S. The molecule has 0 saturated carbocycles. The minimum Gasteiger partial charge on any atom is -0.392 e. The first-order valence-electron chi connectivity index (χ1n) is 5.96. The van der Waals surface area contributed by atoms with Gasteiger partial charge in [-0.2, -0.15) is 4.31 Å². The van der Waals surface area contributed by atoms with E-state index in [0.29, 0.717) is 29.7 Å².